The van der Waals surface area contributed by atoms with Crippen molar-refractivity contribution in [2.24, 2.45) is 5.92 Å². The molecule has 11 heavy (non-hydrogen) atoms. The summed E-state index contributed by atoms with van der Waals surface area (Å²) in [5, 5.41) is 0. The normalized spacial score (nSPS) is 11.6. The Hall–Kier alpha value is -0.780. The lowest BCUT2D eigenvalue weighted by atomic mass is 9.98. The van der Waals surface area contributed by atoms with E-state index in [1.165, 1.54) is 11.1 Å². The molecule has 0 saturated carbocycles. The van der Waals surface area contributed by atoms with Gasteiger partial charge < -0.3 is 0 Å². The van der Waals surface area contributed by atoms with Gasteiger partial charge in [0, 0.05) is 0 Å². The minimum atomic E-state index is 0. The van der Waals surface area contributed by atoms with Crippen LogP contribution < -0.4 is 0 Å². The van der Waals surface area contributed by atoms with E-state index < -0.39 is 0 Å². The highest BCUT2D eigenvalue weighted by Gasteiger charge is 1.99. The van der Waals surface area contributed by atoms with Crippen LogP contribution in [0.3, 0.4) is 0 Å². The smallest absolute Gasteiger partial charge is 0.0216 e. The Kier molecular flexibility index (Phi) is 6.97. The highest BCUT2D eigenvalue weighted by Crippen LogP contribution is 2.15. The number of rotatable bonds is 3. The van der Waals surface area contributed by atoms with Gasteiger partial charge in [-0.3, -0.25) is 0 Å². The second-order valence-electron chi connectivity index (χ2n) is 2.70. The van der Waals surface area contributed by atoms with Gasteiger partial charge in [-0.2, -0.15) is 0 Å². The minimum Gasteiger partial charge on any atom is -0.0988 e. The summed E-state index contributed by atoms with van der Waals surface area (Å²) in [6.07, 6.45) is 3.78. The molecule has 0 aromatic carbocycles. The molecule has 0 fully saturated rings. The maximum absolute atomic E-state index is 3.75. The fraction of sp³-hybridized carbons (Fsp3) is 0.455. The van der Waals surface area contributed by atoms with Crippen LogP contribution in [0.2, 0.25) is 0 Å². The van der Waals surface area contributed by atoms with E-state index in [-0.39, 0.29) is 7.43 Å². The second kappa shape index (κ2) is 5.96. The quantitative estimate of drug-likeness (QED) is 0.537. The van der Waals surface area contributed by atoms with Crippen molar-refractivity contribution in [2.45, 2.75) is 28.2 Å². The fourth-order valence-electron chi connectivity index (χ4n) is 0.970. The van der Waals surface area contributed by atoms with Crippen molar-refractivity contribution >= 4 is 0 Å². The Bertz CT molecular complexity index is 159. The summed E-state index contributed by atoms with van der Waals surface area (Å²) >= 11 is 0. The number of hydrogen-bond acceptors (Lipinski definition) is 0. The first-order valence-corrected chi connectivity index (χ1v) is 3.59. The summed E-state index contributed by atoms with van der Waals surface area (Å²) in [7, 11) is 0. The third-order valence-corrected chi connectivity index (χ3v) is 1.60. The van der Waals surface area contributed by atoms with E-state index in [2.05, 4.69) is 33.9 Å². The summed E-state index contributed by atoms with van der Waals surface area (Å²) in [6.45, 7) is 13.8. The van der Waals surface area contributed by atoms with Gasteiger partial charge in [0.15, 0.2) is 0 Å². The summed E-state index contributed by atoms with van der Waals surface area (Å²) in [4.78, 5) is 0. The predicted octanol–water partition coefficient (Wildman–Crippen LogP) is 3.97. The van der Waals surface area contributed by atoms with E-state index in [0.29, 0.717) is 5.92 Å². The highest BCUT2D eigenvalue weighted by atomic mass is 14.0. The molecule has 0 spiro atoms. The average Bonchev–Trinajstić information content (AvgIpc) is 1.88. The Morgan fingerprint density at radius 1 is 1.18 bits per heavy atom. The van der Waals surface area contributed by atoms with Crippen LogP contribution in [-0.4, -0.2) is 0 Å². The van der Waals surface area contributed by atoms with Crippen molar-refractivity contribution < 1.29 is 0 Å². The molecule has 0 aliphatic heterocycles. The summed E-state index contributed by atoms with van der Waals surface area (Å²) < 4.78 is 0. The van der Waals surface area contributed by atoms with Gasteiger partial charge in [0.25, 0.3) is 0 Å². The maximum atomic E-state index is 3.75. The molecule has 0 nitrogen and oxygen atoms in total. The van der Waals surface area contributed by atoms with E-state index in [4.69, 9.17) is 0 Å². The van der Waals surface area contributed by atoms with Crippen molar-refractivity contribution in [3.63, 3.8) is 0 Å². The predicted molar refractivity (Wildman–Crippen MR) is 54.7 cm³/mol. The van der Waals surface area contributed by atoms with Crippen LogP contribution >= 0.6 is 0 Å². The maximum Gasteiger partial charge on any atom is -0.0216 e. The van der Waals surface area contributed by atoms with Gasteiger partial charge in [0.1, 0.15) is 0 Å². The zero-order valence-corrected chi connectivity index (χ0v) is 7.15. The van der Waals surface area contributed by atoms with E-state index in [1.54, 1.807) is 0 Å². The number of allylic oxidation sites excluding steroid dienone is 4. The van der Waals surface area contributed by atoms with Gasteiger partial charge in [-0.25, -0.2) is 0 Å². The zero-order valence-electron chi connectivity index (χ0n) is 7.15. The molecule has 0 heteroatoms. The van der Waals surface area contributed by atoms with Gasteiger partial charge in [-0.05, 0) is 24.0 Å². The first-order chi connectivity index (χ1) is 4.63. The van der Waals surface area contributed by atoms with E-state index in [1.807, 2.05) is 12.2 Å². The molecule has 0 radical (unpaired) electrons. The lowest BCUT2D eigenvalue weighted by molar-refractivity contribution is 0.784. The molecule has 0 aliphatic rings. The van der Waals surface area contributed by atoms with Gasteiger partial charge in [-0.15, -0.1) is 0 Å². The molecule has 0 atom stereocenters. The largest absolute Gasteiger partial charge is 0.0988 e. The zero-order chi connectivity index (χ0) is 8.15. The molecule has 0 unspecified atom stereocenters. The first kappa shape index (κ1) is 12.9. The second-order valence-corrected chi connectivity index (χ2v) is 2.70. The summed E-state index contributed by atoms with van der Waals surface area (Å²) in [5.41, 5.74) is 2.51. The molecule has 0 aromatic rings. The van der Waals surface area contributed by atoms with E-state index >= 15 is 0 Å². The van der Waals surface area contributed by atoms with Crippen LogP contribution in [0.1, 0.15) is 28.2 Å². The molecule has 0 heterocycles. The van der Waals surface area contributed by atoms with Crippen LogP contribution in [0.5, 0.6) is 0 Å². The molecule has 0 bridgehead atoms. The molecule has 64 valence electrons. The Morgan fingerprint density at radius 3 is 1.73 bits per heavy atom. The monoisotopic (exact) mass is 152 g/mol. The lowest BCUT2D eigenvalue weighted by Crippen LogP contribution is -1.92. The molecule has 0 N–H and O–H groups in total. The SMILES string of the molecule is C.C=C/C(C)=C(\C=C)C(C)C. The van der Waals surface area contributed by atoms with Crippen molar-refractivity contribution in [1.29, 1.82) is 0 Å². The first-order valence-electron chi connectivity index (χ1n) is 3.59. The third kappa shape index (κ3) is 3.82. The fourth-order valence-corrected chi connectivity index (χ4v) is 0.970. The highest BCUT2D eigenvalue weighted by molar-refractivity contribution is 5.30. The summed E-state index contributed by atoms with van der Waals surface area (Å²) in [6, 6.07) is 0. The van der Waals surface area contributed by atoms with Crippen LogP contribution in [0.15, 0.2) is 36.5 Å². The van der Waals surface area contributed by atoms with E-state index in [9.17, 15) is 0 Å². The van der Waals surface area contributed by atoms with Crippen LogP contribution in [0.4, 0.5) is 0 Å². The Labute approximate surface area is 71.3 Å². The molecule has 0 aromatic heterocycles. The van der Waals surface area contributed by atoms with Crippen LogP contribution in [0.25, 0.3) is 0 Å². The van der Waals surface area contributed by atoms with Gasteiger partial charge >= 0.3 is 0 Å². The van der Waals surface area contributed by atoms with Crippen molar-refractivity contribution in [1.82, 2.24) is 0 Å². The van der Waals surface area contributed by atoms with E-state index in [0.717, 1.165) is 0 Å². The van der Waals surface area contributed by atoms with Crippen molar-refractivity contribution in [3.05, 3.63) is 36.5 Å². The molecule has 0 aliphatic carbocycles. The Morgan fingerprint density at radius 2 is 1.64 bits per heavy atom. The molecular formula is C11H20. The van der Waals surface area contributed by atoms with Gasteiger partial charge in [0.2, 0.25) is 0 Å². The standard InChI is InChI=1S/C10H16.CH4/c1-6-9(5)10(7-2)8(3)4;/h6-8H,1-2H2,3-5H3;1H4/b10-9+;. The average molecular weight is 152 g/mol. The molecule has 0 rings (SSSR count). The lowest BCUT2D eigenvalue weighted by Gasteiger charge is -2.07. The Balaban J connectivity index is 0. The van der Waals surface area contributed by atoms with Crippen LogP contribution in [0, 0.1) is 5.92 Å². The molecular weight excluding hydrogens is 132 g/mol. The van der Waals surface area contributed by atoms with Crippen molar-refractivity contribution in [2.75, 3.05) is 0 Å². The number of hydrogen-bond donors (Lipinski definition) is 0. The topological polar surface area (TPSA) is 0 Å². The third-order valence-electron chi connectivity index (χ3n) is 1.60. The molecule has 0 amide bonds. The van der Waals surface area contributed by atoms with Crippen LogP contribution in [-0.2, 0) is 0 Å². The summed E-state index contributed by atoms with van der Waals surface area (Å²) in [5.74, 6) is 0.551. The minimum absolute atomic E-state index is 0. The van der Waals surface area contributed by atoms with Gasteiger partial charge in [0.05, 0.1) is 0 Å². The molecule has 0 saturated heterocycles. The van der Waals surface area contributed by atoms with Gasteiger partial charge in [-0.1, -0.05) is 46.6 Å². The van der Waals surface area contributed by atoms with Crippen molar-refractivity contribution in [3.8, 4) is 0 Å².